The van der Waals surface area contributed by atoms with Crippen molar-refractivity contribution < 1.29 is 9.53 Å². The molecule has 0 spiro atoms. The quantitative estimate of drug-likeness (QED) is 0.599. The fraction of sp³-hybridized carbons (Fsp3) is 0.346. The molecule has 1 saturated heterocycles. The first-order valence-corrected chi connectivity index (χ1v) is 11.4. The number of ether oxygens (including phenoxy) is 1. The number of aryl methyl sites for hydroxylation is 1. The van der Waals surface area contributed by atoms with E-state index in [0.29, 0.717) is 31.0 Å². The average molecular weight is 429 g/mol. The highest BCUT2D eigenvalue weighted by Gasteiger charge is 2.28. The molecule has 6 nitrogen and oxygen atoms in total. The van der Waals surface area contributed by atoms with Crippen LogP contribution < -0.4 is 9.64 Å². The minimum atomic E-state index is 0.0325. The normalized spacial score (nSPS) is 15.9. The van der Waals surface area contributed by atoms with Crippen molar-refractivity contribution in [1.82, 2.24) is 14.9 Å². The fourth-order valence-electron chi connectivity index (χ4n) is 4.43. The highest BCUT2D eigenvalue weighted by molar-refractivity contribution is 5.94. The number of benzene rings is 2. The van der Waals surface area contributed by atoms with E-state index in [4.69, 9.17) is 14.7 Å². The number of aromatic nitrogens is 2. The van der Waals surface area contributed by atoms with Crippen LogP contribution >= 0.6 is 0 Å². The number of piperidine rings is 1. The van der Waals surface area contributed by atoms with Gasteiger partial charge in [0, 0.05) is 31.6 Å². The molecule has 0 bridgehead atoms. The van der Waals surface area contributed by atoms with Crippen molar-refractivity contribution in [1.29, 1.82) is 0 Å². The zero-order valence-corrected chi connectivity index (χ0v) is 18.5. The highest BCUT2D eigenvalue weighted by Crippen LogP contribution is 2.32. The Morgan fingerprint density at radius 2 is 1.75 bits per heavy atom. The lowest BCUT2D eigenvalue weighted by Gasteiger charge is -2.32. The second-order valence-corrected chi connectivity index (χ2v) is 8.56. The summed E-state index contributed by atoms with van der Waals surface area (Å²) >= 11 is 0. The van der Waals surface area contributed by atoms with Gasteiger partial charge in [0.15, 0.2) is 0 Å². The van der Waals surface area contributed by atoms with Gasteiger partial charge in [0.05, 0.1) is 17.8 Å². The van der Waals surface area contributed by atoms with Gasteiger partial charge in [-0.2, -0.15) is 4.98 Å². The number of rotatable bonds is 4. The molecule has 1 fully saturated rings. The number of carbonyl (C=O) groups excluding carboxylic acids is 1. The smallest absolute Gasteiger partial charge is 0.254 e. The average Bonchev–Trinajstić information content (AvgIpc) is 2.84. The number of hydrogen-bond donors (Lipinski definition) is 0. The van der Waals surface area contributed by atoms with Crippen molar-refractivity contribution in [3.8, 4) is 11.6 Å². The molecule has 3 aromatic rings. The second kappa shape index (κ2) is 8.99. The van der Waals surface area contributed by atoms with E-state index >= 15 is 0 Å². The van der Waals surface area contributed by atoms with Crippen LogP contribution in [0.15, 0.2) is 54.6 Å². The van der Waals surface area contributed by atoms with E-state index in [0.717, 1.165) is 54.4 Å². The van der Waals surface area contributed by atoms with Crippen molar-refractivity contribution in [3.63, 3.8) is 0 Å². The summed E-state index contributed by atoms with van der Waals surface area (Å²) in [7, 11) is 0. The molecule has 0 radical (unpaired) electrons. The van der Waals surface area contributed by atoms with Crippen molar-refractivity contribution >= 4 is 11.9 Å². The Morgan fingerprint density at radius 3 is 2.53 bits per heavy atom. The van der Waals surface area contributed by atoms with Crippen LogP contribution in [0.4, 0.5) is 5.95 Å². The molecule has 164 valence electrons. The zero-order valence-electron chi connectivity index (χ0n) is 18.5. The van der Waals surface area contributed by atoms with Gasteiger partial charge in [0.25, 0.3) is 5.91 Å². The third kappa shape index (κ3) is 4.31. The van der Waals surface area contributed by atoms with Gasteiger partial charge >= 0.3 is 0 Å². The Hall–Kier alpha value is -3.41. The van der Waals surface area contributed by atoms with Crippen molar-refractivity contribution in [2.45, 2.75) is 39.2 Å². The summed E-state index contributed by atoms with van der Waals surface area (Å²) in [4.78, 5) is 27.1. The van der Waals surface area contributed by atoms with Gasteiger partial charge in [-0.1, -0.05) is 35.9 Å². The second-order valence-electron chi connectivity index (χ2n) is 8.56. The summed E-state index contributed by atoms with van der Waals surface area (Å²) in [5, 5.41) is 0. The molecule has 1 aromatic heterocycles. The molecular weight excluding hydrogens is 400 g/mol. The van der Waals surface area contributed by atoms with Crippen LogP contribution in [0.2, 0.25) is 0 Å². The molecule has 5 rings (SSSR count). The first-order chi connectivity index (χ1) is 15.7. The lowest BCUT2D eigenvalue weighted by atomic mass is 10.0. The molecule has 0 saturated carbocycles. The van der Waals surface area contributed by atoms with Crippen molar-refractivity contribution in [3.05, 3.63) is 77.0 Å². The van der Waals surface area contributed by atoms with E-state index in [-0.39, 0.29) is 5.91 Å². The fourth-order valence-corrected chi connectivity index (χ4v) is 4.43. The molecule has 0 aliphatic carbocycles. The van der Waals surface area contributed by atoms with Crippen molar-refractivity contribution in [2.75, 3.05) is 24.5 Å². The van der Waals surface area contributed by atoms with E-state index in [2.05, 4.69) is 4.90 Å². The molecule has 0 N–H and O–H groups in total. The van der Waals surface area contributed by atoms with E-state index < -0.39 is 0 Å². The third-order valence-electron chi connectivity index (χ3n) is 6.16. The Morgan fingerprint density at radius 1 is 0.938 bits per heavy atom. The van der Waals surface area contributed by atoms with Crippen LogP contribution in [0.3, 0.4) is 0 Å². The molecule has 32 heavy (non-hydrogen) atoms. The third-order valence-corrected chi connectivity index (χ3v) is 6.16. The summed E-state index contributed by atoms with van der Waals surface area (Å²) in [5.41, 5.74) is 3.68. The molecule has 0 unspecified atom stereocenters. The largest absolute Gasteiger partial charge is 0.438 e. The lowest BCUT2D eigenvalue weighted by molar-refractivity contribution is 0.0732. The van der Waals surface area contributed by atoms with Gasteiger partial charge in [-0.15, -0.1) is 0 Å². The SMILES string of the molecule is Cc1cccc(C(=O)N2CCc3nc(N4CCCCC4)nc(Oc4ccccc4)c3C2)c1. The maximum absolute atomic E-state index is 13.2. The molecule has 2 aliphatic heterocycles. The van der Waals surface area contributed by atoms with Gasteiger partial charge in [-0.3, -0.25) is 4.79 Å². The monoisotopic (exact) mass is 428 g/mol. The first-order valence-electron chi connectivity index (χ1n) is 11.4. The maximum Gasteiger partial charge on any atom is 0.254 e. The van der Waals surface area contributed by atoms with E-state index in [9.17, 15) is 4.79 Å². The molecule has 2 aliphatic rings. The van der Waals surface area contributed by atoms with E-state index in [1.54, 1.807) is 0 Å². The van der Waals surface area contributed by atoms with Crippen molar-refractivity contribution in [2.24, 2.45) is 0 Å². The topological polar surface area (TPSA) is 58.6 Å². The summed E-state index contributed by atoms with van der Waals surface area (Å²) in [5.74, 6) is 2.07. The lowest BCUT2D eigenvalue weighted by Crippen LogP contribution is -2.37. The predicted octanol–water partition coefficient (Wildman–Crippen LogP) is 4.77. The number of nitrogens with zero attached hydrogens (tertiary/aromatic N) is 4. The van der Waals surface area contributed by atoms with Crippen LogP contribution in [-0.2, 0) is 13.0 Å². The summed E-state index contributed by atoms with van der Waals surface area (Å²) in [6.45, 7) is 5.04. The molecular formula is C26H28N4O2. The summed E-state index contributed by atoms with van der Waals surface area (Å²) < 4.78 is 6.25. The zero-order chi connectivity index (χ0) is 21.9. The van der Waals surface area contributed by atoms with Crippen LogP contribution in [0.5, 0.6) is 11.6 Å². The molecule has 0 atom stereocenters. The Balaban J connectivity index is 1.48. The minimum Gasteiger partial charge on any atom is -0.438 e. The number of hydrogen-bond acceptors (Lipinski definition) is 5. The summed E-state index contributed by atoms with van der Waals surface area (Å²) in [6, 6.07) is 17.5. The summed E-state index contributed by atoms with van der Waals surface area (Å²) in [6.07, 6.45) is 4.27. The van der Waals surface area contributed by atoms with Crippen LogP contribution in [0.25, 0.3) is 0 Å². The Labute approximate surface area is 188 Å². The van der Waals surface area contributed by atoms with Crippen LogP contribution in [0, 0.1) is 6.92 Å². The molecule has 6 heteroatoms. The van der Waals surface area contributed by atoms with E-state index in [1.807, 2.05) is 66.4 Å². The molecule has 2 aromatic carbocycles. The van der Waals surface area contributed by atoms with Crippen LogP contribution in [0.1, 0.15) is 46.4 Å². The Kier molecular flexibility index (Phi) is 5.75. The number of amides is 1. The van der Waals surface area contributed by atoms with Gasteiger partial charge in [-0.25, -0.2) is 4.98 Å². The number of anilines is 1. The van der Waals surface area contributed by atoms with E-state index in [1.165, 1.54) is 6.42 Å². The predicted molar refractivity (Wildman–Crippen MR) is 124 cm³/mol. The van der Waals surface area contributed by atoms with Gasteiger partial charge in [0.2, 0.25) is 11.8 Å². The van der Waals surface area contributed by atoms with Crippen LogP contribution in [-0.4, -0.2) is 40.4 Å². The maximum atomic E-state index is 13.2. The van der Waals surface area contributed by atoms with Gasteiger partial charge < -0.3 is 14.5 Å². The van der Waals surface area contributed by atoms with Gasteiger partial charge in [-0.05, 0) is 50.5 Å². The number of fused-ring (bicyclic) bond motifs is 1. The molecule has 1 amide bonds. The van der Waals surface area contributed by atoms with Gasteiger partial charge in [0.1, 0.15) is 5.75 Å². The molecule has 3 heterocycles. The highest BCUT2D eigenvalue weighted by atomic mass is 16.5. The first kappa shape index (κ1) is 20.5. The standard InChI is InChI=1S/C26H28N4O2/c1-19-9-8-10-20(17-19)25(31)30-16-13-23-22(18-30)24(32-21-11-4-2-5-12-21)28-26(27-23)29-14-6-3-7-15-29/h2,4-5,8-12,17H,3,6-7,13-16,18H2,1H3. The minimum absolute atomic E-state index is 0.0325. The number of carbonyl (C=O) groups is 1. The number of para-hydroxylation sites is 1. The Bertz CT molecular complexity index is 1110.